The summed E-state index contributed by atoms with van der Waals surface area (Å²) in [5.74, 6) is 0.497. The summed E-state index contributed by atoms with van der Waals surface area (Å²) in [5.41, 5.74) is 0.576. The number of nitrogens with zero attached hydrogens (tertiary/aromatic N) is 2. The molecule has 8 nitrogen and oxygen atoms in total. The second-order valence-corrected chi connectivity index (χ2v) is 8.95. The van der Waals surface area contributed by atoms with Crippen LogP contribution in [0.2, 0.25) is 0 Å². The minimum absolute atomic E-state index is 0.0652. The zero-order chi connectivity index (χ0) is 23.0. The van der Waals surface area contributed by atoms with Crippen molar-refractivity contribution >= 4 is 22.6 Å². The highest BCUT2D eigenvalue weighted by atomic mass is 16.5. The van der Waals surface area contributed by atoms with E-state index in [0.717, 1.165) is 18.5 Å². The van der Waals surface area contributed by atoms with E-state index in [2.05, 4.69) is 15.3 Å². The summed E-state index contributed by atoms with van der Waals surface area (Å²) in [7, 11) is 0. The van der Waals surface area contributed by atoms with Crippen LogP contribution in [0.4, 0.5) is 5.69 Å². The van der Waals surface area contributed by atoms with Gasteiger partial charge in [0.1, 0.15) is 5.75 Å². The zero-order valence-electron chi connectivity index (χ0n) is 18.8. The first-order valence-electron chi connectivity index (χ1n) is 11.0. The van der Waals surface area contributed by atoms with Gasteiger partial charge in [0.25, 0.3) is 11.5 Å². The second kappa shape index (κ2) is 8.61. The highest BCUT2D eigenvalue weighted by molar-refractivity contribution is 6.12. The molecular formula is C24H28N4O4. The van der Waals surface area contributed by atoms with Gasteiger partial charge in [0, 0.05) is 18.2 Å². The van der Waals surface area contributed by atoms with Gasteiger partial charge in [0.2, 0.25) is 0 Å². The van der Waals surface area contributed by atoms with Gasteiger partial charge >= 0.3 is 5.69 Å². The van der Waals surface area contributed by atoms with Crippen molar-refractivity contribution in [3.05, 3.63) is 62.4 Å². The lowest BCUT2D eigenvalue weighted by Crippen LogP contribution is -2.33. The number of benzene rings is 1. The Morgan fingerprint density at radius 1 is 1.22 bits per heavy atom. The molecule has 32 heavy (non-hydrogen) atoms. The summed E-state index contributed by atoms with van der Waals surface area (Å²) in [4.78, 5) is 45.8. The molecule has 0 unspecified atom stereocenters. The Morgan fingerprint density at radius 2 is 1.94 bits per heavy atom. The lowest BCUT2D eigenvalue weighted by atomic mass is 10.1. The number of pyridine rings is 1. The van der Waals surface area contributed by atoms with Gasteiger partial charge in [0.15, 0.2) is 5.65 Å². The summed E-state index contributed by atoms with van der Waals surface area (Å²) in [6, 6.07) is 8.84. The third kappa shape index (κ3) is 4.44. The van der Waals surface area contributed by atoms with Crippen LogP contribution in [-0.4, -0.2) is 26.5 Å². The van der Waals surface area contributed by atoms with Gasteiger partial charge in [-0.1, -0.05) is 26.0 Å². The number of aromatic nitrogens is 3. The van der Waals surface area contributed by atoms with Crippen LogP contribution in [0.3, 0.4) is 0 Å². The SMILES string of the molecule is CC(C)Cn1c(=O)[nH]c(=O)c2c(C(=O)Nc3ccccc3OC(C)C)cc(C3CC3)nc21. The van der Waals surface area contributed by atoms with Crippen LogP contribution in [0.5, 0.6) is 5.75 Å². The van der Waals surface area contributed by atoms with Gasteiger partial charge in [-0.25, -0.2) is 9.78 Å². The number of ether oxygens (including phenoxy) is 1. The van der Waals surface area contributed by atoms with Crippen LogP contribution in [-0.2, 0) is 6.54 Å². The molecule has 1 saturated carbocycles. The molecule has 8 heteroatoms. The second-order valence-electron chi connectivity index (χ2n) is 8.95. The van der Waals surface area contributed by atoms with Crippen molar-refractivity contribution in [2.75, 3.05) is 5.32 Å². The van der Waals surface area contributed by atoms with E-state index >= 15 is 0 Å². The van der Waals surface area contributed by atoms with Gasteiger partial charge < -0.3 is 10.1 Å². The predicted octanol–water partition coefficient (Wildman–Crippen LogP) is 3.66. The number of rotatable bonds is 7. The normalized spacial score (nSPS) is 13.7. The number of hydrogen-bond donors (Lipinski definition) is 2. The Kier molecular flexibility index (Phi) is 5.86. The molecule has 168 valence electrons. The van der Waals surface area contributed by atoms with Crippen molar-refractivity contribution in [1.82, 2.24) is 14.5 Å². The number of H-pyrrole nitrogens is 1. The highest BCUT2D eigenvalue weighted by Crippen LogP contribution is 2.40. The van der Waals surface area contributed by atoms with Crippen LogP contribution >= 0.6 is 0 Å². The number of amides is 1. The van der Waals surface area contributed by atoms with Gasteiger partial charge in [0.05, 0.1) is 22.7 Å². The van der Waals surface area contributed by atoms with Crippen LogP contribution in [0.25, 0.3) is 11.0 Å². The van der Waals surface area contributed by atoms with Crippen molar-refractivity contribution in [2.45, 2.75) is 59.1 Å². The first kappa shape index (κ1) is 21.8. The van der Waals surface area contributed by atoms with Gasteiger partial charge in [-0.2, -0.15) is 0 Å². The molecule has 1 aliphatic carbocycles. The van der Waals surface area contributed by atoms with Crippen molar-refractivity contribution < 1.29 is 9.53 Å². The van der Waals surface area contributed by atoms with Crippen molar-refractivity contribution in [2.24, 2.45) is 5.92 Å². The molecule has 2 aromatic heterocycles. The van der Waals surface area contributed by atoms with E-state index in [0.29, 0.717) is 18.0 Å². The summed E-state index contributed by atoms with van der Waals surface area (Å²) in [6.45, 7) is 8.16. The van der Waals surface area contributed by atoms with E-state index in [1.165, 1.54) is 4.57 Å². The Balaban J connectivity index is 1.86. The lowest BCUT2D eigenvalue weighted by Gasteiger charge is -2.16. The van der Waals surface area contributed by atoms with Crippen molar-refractivity contribution in [3.8, 4) is 5.75 Å². The van der Waals surface area contributed by atoms with Crippen LogP contribution < -0.4 is 21.3 Å². The molecule has 1 amide bonds. The molecule has 2 N–H and O–H groups in total. The summed E-state index contributed by atoms with van der Waals surface area (Å²) >= 11 is 0. The molecule has 0 atom stereocenters. The van der Waals surface area contributed by atoms with Crippen LogP contribution in [0.1, 0.15) is 62.5 Å². The highest BCUT2D eigenvalue weighted by Gasteiger charge is 2.29. The summed E-state index contributed by atoms with van der Waals surface area (Å²) in [5, 5.41) is 3.00. The Bertz CT molecular complexity index is 1290. The Morgan fingerprint density at radius 3 is 2.59 bits per heavy atom. The monoisotopic (exact) mass is 436 g/mol. The number of carbonyl (C=O) groups is 1. The standard InChI is InChI=1S/C24H28N4O4/c1-13(2)12-28-21-20(23(30)27-24(28)31)16(11-18(25-21)15-9-10-15)22(29)26-17-7-5-6-8-19(17)32-14(3)4/h5-8,11,13-15H,9-10,12H2,1-4H3,(H,26,29)(H,27,30,31). The molecule has 1 aliphatic rings. The maximum absolute atomic E-state index is 13.4. The van der Waals surface area contributed by atoms with E-state index in [9.17, 15) is 14.4 Å². The molecule has 1 aromatic carbocycles. The maximum Gasteiger partial charge on any atom is 0.330 e. The number of para-hydroxylation sites is 2. The van der Waals surface area contributed by atoms with Gasteiger partial charge in [-0.3, -0.25) is 19.1 Å². The molecule has 0 bridgehead atoms. The number of aromatic amines is 1. The number of fused-ring (bicyclic) bond motifs is 1. The molecule has 0 saturated heterocycles. The predicted molar refractivity (Wildman–Crippen MR) is 124 cm³/mol. The molecule has 3 aromatic rings. The zero-order valence-corrected chi connectivity index (χ0v) is 18.8. The quantitative estimate of drug-likeness (QED) is 0.588. The minimum atomic E-state index is -0.614. The number of carbonyl (C=O) groups excluding carboxylic acids is 1. The Labute approximate surface area is 185 Å². The third-order valence-electron chi connectivity index (χ3n) is 5.25. The topological polar surface area (TPSA) is 106 Å². The van der Waals surface area contributed by atoms with Crippen molar-refractivity contribution in [1.29, 1.82) is 0 Å². The van der Waals surface area contributed by atoms with Gasteiger partial charge in [-0.05, 0) is 50.8 Å². The van der Waals surface area contributed by atoms with Crippen LogP contribution in [0, 0.1) is 5.92 Å². The van der Waals surface area contributed by atoms with Crippen LogP contribution in [0.15, 0.2) is 39.9 Å². The fourth-order valence-corrected chi connectivity index (χ4v) is 3.71. The van der Waals surface area contributed by atoms with E-state index in [4.69, 9.17) is 4.74 Å². The lowest BCUT2D eigenvalue weighted by molar-refractivity contribution is 0.102. The smallest absolute Gasteiger partial charge is 0.330 e. The van der Waals surface area contributed by atoms with E-state index < -0.39 is 17.2 Å². The molecule has 2 heterocycles. The van der Waals surface area contributed by atoms with E-state index in [-0.39, 0.29) is 34.5 Å². The molecular weight excluding hydrogens is 408 g/mol. The van der Waals surface area contributed by atoms with E-state index in [1.807, 2.05) is 33.8 Å². The maximum atomic E-state index is 13.4. The molecule has 0 aliphatic heterocycles. The third-order valence-corrected chi connectivity index (χ3v) is 5.25. The van der Waals surface area contributed by atoms with Crippen molar-refractivity contribution in [3.63, 3.8) is 0 Å². The first-order valence-corrected chi connectivity index (χ1v) is 11.0. The van der Waals surface area contributed by atoms with Gasteiger partial charge in [-0.15, -0.1) is 0 Å². The summed E-state index contributed by atoms with van der Waals surface area (Å²) in [6.07, 6.45) is 1.88. The molecule has 1 fully saturated rings. The fraction of sp³-hybridized carbons (Fsp3) is 0.417. The Hall–Kier alpha value is -3.42. The molecule has 4 rings (SSSR count). The molecule has 0 spiro atoms. The fourth-order valence-electron chi connectivity index (χ4n) is 3.71. The summed E-state index contributed by atoms with van der Waals surface area (Å²) < 4.78 is 7.26. The first-order chi connectivity index (χ1) is 15.2. The minimum Gasteiger partial charge on any atom is -0.489 e. The molecule has 0 radical (unpaired) electrons. The number of hydrogen-bond acceptors (Lipinski definition) is 5. The number of nitrogens with one attached hydrogen (secondary N) is 2. The largest absolute Gasteiger partial charge is 0.489 e. The number of anilines is 1. The average molecular weight is 437 g/mol. The van der Waals surface area contributed by atoms with E-state index in [1.54, 1.807) is 24.3 Å². The average Bonchev–Trinajstić information content (AvgIpc) is 3.56.